The van der Waals surface area contributed by atoms with Crippen LogP contribution in [0, 0.1) is 6.92 Å². The van der Waals surface area contributed by atoms with Gasteiger partial charge in [0.2, 0.25) is 0 Å². The Hall–Kier alpha value is -2.41. The summed E-state index contributed by atoms with van der Waals surface area (Å²) in [5, 5.41) is 17.8. The van der Waals surface area contributed by atoms with Crippen LogP contribution in [0.4, 0.5) is 0 Å². The highest BCUT2D eigenvalue weighted by Gasteiger charge is 2.46. The topological polar surface area (TPSA) is 81.1 Å². The summed E-state index contributed by atoms with van der Waals surface area (Å²) in [7, 11) is 0. The minimum absolute atomic E-state index is 0.0601. The van der Waals surface area contributed by atoms with Crippen LogP contribution in [0.3, 0.4) is 0 Å². The fourth-order valence-electron chi connectivity index (χ4n) is 3.06. The standard InChI is InChI=1S/C17H14BrN3O3/c1-9-5-15(24-20-9)12-7-13(12)16-14(17(22)23)8-19-21(16)11-4-2-3-10(18)6-11/h2-6,8,12-13H,7H2,1H3,(H,22,23)/t12-,13-/m1/s1. The molecule has 2 aromatic heterocycles. The molecule has 1 aromatic carbocycles. The van der Waals surface area contributed by atoms with Crippen molar-refractivity contribution >= 4 is 21.9 Å². The number of carboxylic acids is 1. The third-order valence-corrected chi connectivity index (χ3v) is 4.74. The summed E-state index contributed by atoms with van der Waals surface area (Å²) in [6, 6.07) is 9.55. The molecule has 2 heterocycles. The SMILES string of the molecule is Cc1cc([C@@H]2C[C@H]2c2c(C(=O)O)cnn2-c2cccc(Br)c2)on1. The number of aryl methyl sites for hydroxylation is 1. The summed E-state index contributed by atoms with van der Waals surface area (Å²) in [6.45, 7) is 1.87. The van der Waals surface area contributed by atoms with Crippen LogP contribution in [0.15, 0.2) is 45.5 Å². The van der Waals surface area contributed by atoms with Gasteiger partial charge in [0.15, 0.2) is 0 Å². The minimum atomic E-state index is -0.967. The molecule has 6 nitrogen and oxygen atoms in total. The number of nitrogens with zero attached hydrogens (tertiary/aromatic N) is 3. The molecule has 3 aromatic rings. The summed E-state index contributed by atoms with van der Waals surface area (Å²) in [5.41, 5.74) is 2.60. The Kier molecular flexibility index (Phi) is 3.53. The van der Waals surface area contributed by atoms with E-state index in [-0.39, 0.29) is 17.4 Å². The number of halogens is 1. The second kappa shape index (κ2) is 5.59. The normalized spacial score (nSPS) is 19.4. The van der Waals surface area contributed by atoms with Gasteiger partial charge in [0.05, 0.1) is 23.3 Å². The highest BCUT2D eigenvalue weighted by molar-refractivity contribution is 9.10. The lowest BCUT2D eigenvalue weighted by Crippen LogP contribution is -2.06. The molecule has 1 N–H and O–H groups in total. The number of carboxylic acid groups (broad SMARTS) is 1. The molecule has 0 amide bonds. The van der Waals surface area contributed by atoms with Crippen LogP contribution < -0.4 is 0 Å². The van der Waals surface area contributed by atoms with Crippen molar-refractivity contribution in [2.24, 2.45) is 0 Å². The molecule has 1 saturated carbocycles. The Morgan fingerprint density at radius 2 is 2.21 bits per heavy atom. The average Bonchev–Trinajstić information content (AvgIpc) is 3.00. The number of hydrogen-bond donors (Lipinski definition) is 1. The van der Waals surface area contributed by atoms with Gasteiger partial charge in [-0.25, -0.2) is 9.48 Å². The molecule has 2 atom stereocenters. The lowest BCUT2D eigenvalue weighted by Gasteiger charge is -2.08. The predicted molar refractivity (Wildman–Crippen MR) is 89.6 cm³/mol. The summed E-state index contributed by atoms with van der Waals surface area (Å²) >= 11 is 3.44. The molecule has 4 rings (SSSR count). The van der Waals surface area contributed by atoms with Crippen LogP contribution in [-0.2, 0) is 0 Å². The van der Waals surface area contributed by atoms with E-state index in [4.69, 9.17) is 4.52 Å². The van der Waals surface area contributed by atoms with Gasteiger partial charge in [0.25, 0.3) is 0 Å². The molecular formula is C17H14BrN3O3. The number of aromatic nitrogens is 3. The average molecular weight is 388 g/mol. The van der Waals surface area contributed by atoms with Crippen molar-refractivity contribution in [1.82, 2.24) is 14.9 Å². The monoisotopic (exact) mass is 387 g/mol. The highest BCUT2D eigenvalue weighted by Crippen LogP contribution is 2.55. The molecule has 7 heteroatoms. The van der Waals surface area contributed by atoms with Crippen LogP contribution in [0.2, 0.25) is 0 Å². The molecule has 0 bridgehead atoms. The van der Waals surface area contributed by atoms with Gasteiger partial charge < -0.3 is 9.63 Å². The van der Waals surface area contributed by atoms with Gasteiger partial charge in [-0.2, -0.15) is 5.10 Å². The summed E-state index contributed by atoms with van der Waals surface area (Å²) in [5.74, 6) is 0.0401. The van der Waals surface area contributed by atoms with Gasteiger partial charge in [0, 0.05) is 22.4 Å². The van der Waals surface area contributed by atoms with Crippen LogP contribution in [0.25, 0.3) is 5.69 Å². The van der Waals surface area contributed by atoms with Gasteiger partial charge in [-0.3, -0.25) is 0 Å². The van der Waals surface area contributed by atoms with Crippen molar-refractivity contribution < 1.29 is 14.4 Å². The van der Waals surface area contributed by atoms with Crippen LogP contribution in [0.1, 0.15) is 45.8 Å². The summed E-state index contributed by atoms with van der Waals surface area (Å²) < 4.78 is 7.97. The maximum atomic E-state index is 11.6. The maximum absolute atomic E-state index is 11.6. The van der Waals surface area contributed by atoms with Crippen LogP contribution in [0.5, 0.6) is 0 Å². The largest absolute Gasteiger partial charge is 0.478 e. The lowest BCUT2D eigenvalue weighted by atomic mass is 10.1. The number of rotatable bonds is 4. The van der Waals surface area contributed by atoms with E-state index in [1.54, 1.807) is 4.68 Å². The number of carbonyl (C=O) groups is 1. The zero-order valence-corrected chi connectivity index (χ0v) is 14.4. The van der Waals surface area contributed by atoms with Gasteiger partial charge >= 0.3 is 5.97 Å². The molecule has 122 valence electrons. The Morgan fingerprint density at radius 3 is 2.88 bits per heavy atom. The van der Waals surface area contributed by atoms with Gasteiger partial charge in [-0.05, 0) is 31.5 Å². The van der Waals surface area contributed by atoms with E-state index in [1.165, 1.54) is 6.20 Å². The quantitative estimate of drug-likeness (QED) is 0.733. The Bertz CT molecular complexity index is 931. The van der Waals surface area contributed by atoms with E-state index in [0.29, 0.717) is 5.69 Å². The number of benzene rings is 1. The van der Waals surface area contributed by atoms with E-state index in [0.717, 1.165) is 28.0 Å². The zero-order valence-electron chi connectivity index (χ0n) is 12.8. The molecule has 1 fully saturated rings. The summed E-state index contributed by atoms with van der Waals surface area (Å²) in [6.07, 6.45) is 2.24. The van der Waals surface area contributed by atoms with Crippen LogP contribution in [-0.4, -0.2) is 26.0 Å². The van der Waals surface area contributed by atoms with Gasteiger partial charge in [0.1, 0.15) is 11.3 Å². The number of hydrogen-bond acceptors (Lipinski definition) is 4. The molecule has 0 aliphatic heterocycles. The Balaban J connectivity index is 1.77. The van der Waals surface area contributed by atoms with Gasteiger partial charge in [-0.1, -0.05) is 27.2 Å². The van der Waals surface area contributed by atoms with Crippen molar-refractivity contribution in [2.45, 2.75) is 25.2 Å². The van der Waals surface area contributed by atoms with E-state index >= 15 is 0 Å². The van der Waals surface area contributed by atoms with Crippen molar-refractivity contribution in [1.29, 1.82) is 0 Å². The third kappa shape index (κ3) is 2.54. The lowest BCUT2D eigenvalue weighted by molar-refractivity contribution is 0.0695. The van der Waals surface area contributed by atoms with Crippen molar-refractivity contribution in [3.05, 3.63) is 63.7 Å². The highest BCUT2D eigenvalue weighted by atomic mass is 79.9. The second-order valence-corrected chi connectivity index (χ2v) is 6.88. The maximum Gasteiger partial charge on any atom is 0.339 e. The van der Waals surface area contributed by atoms with E-state index < -0.39 is 5.97 Å². The first-order chi connectivity index (χ1) is 11.5. The fourth-order valence-corrected chi connectivity index (χ4v) is 3.45. The molecule has 0 saturated heterocycles. The number of aromatic carboxylic acids is 1. The summed E-state index contributed by atoms with van der Waals surface area (Å²) in [4.78, 5) is 11.6. The fraction of sp³-hybridized carbons (Fsp3) is 0.235. The first kappa shape index (κ1) is 15.1. The molecular weight excluding hydrogens is 374 g/mol. The smallest absolute Gasteiger partial charge is 0.339 e. The Labute approximate surface area is 146 Å². The second-order valence-electron chi connectivity index (χ2n) is 5.96. The minimum Gasteiger partial charge on any atom is -0.478 e. The zero-order chi connectivity index (χ0) is 16.8. The third-order valence-electron chi connectivity index (χ3n) is 4.24. The van der Waals surface area contributed by atoms with E-state index in [1.807, 2.05) is 37.3 Å². The first-order valence-electron chi connectivity index (χ1n) is 7.55. The van der Waals surface area contributed by atoms with Gasteiger partial charge in [-0.15, -0.1) is 0 Å². The molecule has 0 radical (unpaired) electrons. The van der Waals surface area contributed by atoms with E-state index in [2.05, 4.69) is 26.2 Å². The van der Waals surface area contributed by atoms with E-state index in [9.17, 15) is 9.90 Å². The molecule has 24 heavy (non-hydrogen) atoms. The molecule has 0 spiro atoms. The molecule has 1 aliphatic carbocycles. The molecule has 1 aliphatic rings. The van der Waals surface area contributed by atoms with Crippen LogP contribution >= 0.6 is 15.9 Å². The predicted octanol–water partition coefficient (Wildman–Crippen LogP) is 3.90. The van der Waals surface area contributed by atoms with Crippen molar-refractivity contribution in [3.8, 4) is 5.69 Å². The first-order valence-corrected chi connectivity index (χ1v) is 8.34. The van der Waals surface area contributed by atoms with Crippen molar-refractivity contribution in [3.63, 3.8) is 0 Å². The molecule has 0 unspecified atom stereocenters. The Morgan fingerprint density at radius 1 is 1.38 bits per heavy atom. The van der Waals surface area contributed by atoms with Crippen molar-refractivity contribution in [2.75, 3.05) is 0 Å².